The molecule has 0 unspecified atom stereocenters. The highest BCUT2D eigenvalue weighted by molar-refractivity contribution is 6.22. The standard InChI is InChI=1S/C17H27ClO2/c1-11-13(10-20-12(2)19)17(5)8-6-7-16(3,4)15(17)9-14(11)18/h13-15H,1,6-10H2,2-5H3/t13-,14-,15-,17+/m0/s1. The van der Waals surface area contributed by atoms with E-state index in [-0.39, 0.29) is 22.7 Å². The zero-order valence-corrected chi connectivity index (χ0v) is 13.9. The zero-order valence-electron chi connectivity index (χ0n) is 13.2. The molecule has 2 rings (SSSR count). The van der Waals surface area contributed by atoms with E-state index in [0.717, 1.165) is 12.0 Å². The summed E-state index contributed by atoms with van der Waals surface area (Å²) >= 11 is 6.55. The van der Waals surface area contributed by atoms with Crippen LogP contribution in [0.5, 0.6) is 0 Å². The molecule has 0 N–H and O–H groups in total. The molecule has 0 aliphatic heterocycles. The summed E-state index contributed by atoms with van der Waals surface area (Å²) in [6, 6.07) is 0. The van der Waals surface area contributed by atoms with Crippen LogP contribution in [-0.2, 0) is 9.53 Å². The molecule has 0 heterocycles. The van der Waals surface area contributed by atoms with Gasteiger partial charge in [-0.1, -0.05) is 39.3 Å². The van der Waals surface area contributed by atoms with Gasteiger partial charge < -0.3 is 4.74 Å². The topological polar surface area (TPSA) is 26.3 Å². The first-order valence-electron chi connectivity index (χ1n) is 7.64. The van der Waals surface area contributed by atoms with Crippen LogP contribution in [-0.4, -0.2) is 18.0 Å². The first-order chi connectivity index (χ1) is 9.18. The Balaban J connectivity index is 2.31. The quantitative estimate of drug-likeness (QED) is 0.424. The summed E-state index contributed by atoms with van der Waals surface area (Å²) < 4.78 is 5.32. The van der Waals surface area contributed by atoms with Crippen LogP contribution in [0.1, 0.15) is 53.4 Å². The highest BCUT2D eigenvalue weighted by Crippen LogP contribution is 2.61. The fraction of sp³-hybridized carbons (Fsp3) is 0.824. The maximum atomic E-state index is 11.2. The van der Waals surface area contributed by atoms with Crippen molar-refractivity contribution < 1.29 is 9.53 Å². The highest BCUT2D eigenvalue weighted by atomic mass is 35.5. The minimum Gasteiger partial charge on any atom is -0.465 e. The summed E-state index contributed by atoms with van der Waals surface area (Å²) in [5.41, 5.74) is 1.51. The molecule has 0 aromatic rings. The Hall–Kier alpha value is -0.500. The molecule has 2 aliphatic rings. The van der Waals surface area contributed by atoms with E-state index in [9.17, 15) is 4.79 Å². The molecule has 2 nitrogen and oxygen atoms in total. The van der Waals surface area contributed by atoms with Gasteiger partial charge in [-0.3, -0.25) is 4.79 Å². The lowest BCUT2D eigenvalue weighted by molar-refractivity contribution is -0.146. The number of fused-ring (bicyclic) bond motifs is 1. The number of hydrogen-bond acceptors (Lipinski definition) is 2. The third-order valence-electron chi connectivity index (χ3n) is 5.82. The summed E-state index contributed by atoms with van der Waals surface area (Å²) in [4.78, 5) is 11.2. The summed E-state index contributed by atoms with van der Waals surface area (Å²) in [7, 11) is 0. The van der Waals surface area contributed by atoms with Gasteiger partial charge in [-0.2, -0.15) is 0 Å². The minimum absolute atomic E-state index is 0.00556. The maximum Gasteiger partial charge on any atom is 0.302 e. The fourth-order valence-corrected chi connectivity index (χ4v) is 5.00. The van der Waals surface area contributed by atoms with Crippen LogP contribution in [0, 0.1) is 22.7 Å². The number of ether oxygens (including phenoxy) is 1. The molecular formula is C17H27ClO2. The summed E-state index contributed by atoms with van der Waals surface area (Å²) in [6.45, 7) is 13.2. The Labute approximate surface area is 127 Å². The molecule has 0 radical (unpaired) electrons. The second-order valence-electron chi connectivity index (χ2n) is 7.53. The Bertz CT molecular complexity index is 415. The number of hydrogen-bond donors (Lipinski definition) is 0. The van der Waals surface area contributed by atoms with Gasteiger partial charge in [-0.15, -0.1) is 11.6 Å². The van der Waals surface area contributed by atoms with Gasteiger partial charge in [0.1, 0.15) is 0 Å². The first-order valence-corrected chi connectivity index (χ1v) is 8.08. The Kier molecular flexibility index (Phi) is 4.26. The monoisotopic (exact) mass is 298 g/mol. The average Bonchev–Trinajstić information content (AvgIpc) is 2.31. The van der Waals surface area contributed by atoms with E-state index in [2.05, 4.69) is 27.4 Å². The number of halogens is 1. The molecule has 0 aromatic heterocycles. The van der Waals surface area contributed by atoms with Gasteiger partial charge in [0, 0.05) is 12.8 Å². The molecule has 2 aliphatic carbocycles. The SMILES string of the molecule is C=C1[C@@H](Cl)C[C@H]2C(C)(C)CCC[C@]2(C)[C@H]1COC(C)=O. The smallest absolute Gasteiger partial charge is 0.302 e. The first kappa shape index (κ1) is 15.9. The maximum absolute atomic E-state index is 11.2. The van der Waals surface area contributed by atoms with Crippen molar-refractivity contribution in [2.45, 2.75) is 58.8 Å². The predicted molar refractivity (Wildman–Crippen MR) is 82.8 cm³/mol. The molecule has 0 aromatic carbocycles. The van der Waals surface area contributed by atoms with E-state index < -0.39 is 0 Å². The van der Waals surface area contributed by atoms with Crippen molar-refractivity contribution in [1.29, 1.82) is 0 Å². The van der Waals surface area contributed by atoms with Crippen LogP contribution < -0.4 is 0 Å². The molecule has 4 atom stereocenters. The average molecular weight is 299 g/mol. The Morgan fingerprint density at radius 3 is 2.65 bits per heavy atom. The van der Waals surface area contributed by atoms with Crippen molar-refractivity contribution in [1.82, 2.24) is 0 Å². The van der Waals surface area contributed by atoms with Gasteiger partial charge in [0.2, 0.25) is 0 Å². The molecule has 0 amide bonds. The number of carbonyl (C=O) groups excluding carboxylic acids is 1. The minimum atomic E-state index is -0.218. The van der Waals surface area contributed by atoms with Gasteiger partial charge in [0.15, 0.2) is 0 Å². The molecule has 114 valence electrons. The predicted octanol–water partition coefficient (Wildman–Crippen LogP) is 4.57. The lowest BCUT2D eigenvalue weighted by Crippen LogP contribution is -2.53. The molecule has 0 bridgehead atoms. The number of esters is 1. The Morgan fingerprint density at radius 1 is 1.40 bits per heavy atom. The van der Waals surface area contributed by atoms with Gasteiger partial charge in [0.05, 0.1) is 12.0 Å². The second kappa shape index (κ2) is 5.36. The molecule has 2 fully saturated rings. The lowest BCUT2D eigenvalue weighted by Gasteiger charge is -2.58. The normalized spacial score (nSPS) is 40.0. The molecular weight excluding hydrogens is 272 g/mol. The largest absolute Gasteiger partial charge is 0.465 e. The lowest BCUT2D eigenvalue weighted by atomic mass is 9.47. The van der Waals surface area contributed by atoms with Crippen molar-refractivity contribution in [2.75, 3.05) is 6.61 Å². The van der Waals surface area contributed by atoms with Crippen LogP contribution in [0.3, 0.4) is 0 Å². The van der Waals surface area contributed by atoms with E-state index in [1.165, 1.54) is 26.2 Å². The summed E-state index contributed by atoms with van der Waals surface area (Å²) in [6.07, 6.45) is 4.66. The Morgan fingerprint density at radius 2 is 2.05 bits per heavy atom. The zero-order chi connectivity index (χ0) is 15.1. The second-order valence-corrected chi connectivity index (χ2v) is 8.06. The van der Waals surface area contributed by atoms with E-state index in [1.807, 2.05) is 0 Å². The van der Waals surface area contributed by atoms with E-state index in [0.29, 0.717) is 17.9 Å². The van der Waals surface area contributed by atoms with Crippen molar-refractivity contribution >= 4 is 17.6 Å². The molecule has 0 spiro atoms. The third kappa shape index (κ3) is 2.64. The summed E-state index contributed by atoms with van der Waals surface area (Å²) in [5.74, 6) is 0.536. The van der Waals surface area contributed by atoms with Crippen LogP contribution in [0.2, 0.25) is 0 Å². The summed E-state index contributed by atoms with van der Waals surface area (Å²) in [5, 5.41) is 0.00556. The number of carbonyl (C=O) groups is 1. The third-order valence-corrected chi connectivity index (χ3v) is 6.28. The molecule has 3 heteroatoms. The van der Waals surface area contributed by atoms with Gasteiger partial charge in [-0.05, 0) is 36.0 Å². The number of rotatable bonds is 2. The van der Waals surface area contributed by atoms with E-state index >= 15 is 0 Å². The van der Waals surface area contributed by atoms with Crippen LogP contribution in [0.15, 0.2) is 12.2 Å². The van der Waals surface area contributed by atoms with Gasteiger partial charge in [0.25, 0.3) is 0 Å². The van der Waals surface area contributed by atoms with Gasteiger partial charge in [-0.25, -0.2) is 0 Å². The van der Waals surface area contributed by atoms with E-state index in [4.69, 9.17) is 16.3 Å². The number of alkyl halides is 1. The van der Waals surface area contributed by atoms with Crippen molar-refractivity contribution in [2.24, 2.45) is 22.7 Å². The van der Waals surface area contributed by atoms with Crippen LogP contribution >= 0.6 is 11.6 Å². The van der Waals surface area contributed by atoms with Crippen molar-refractivity contribution in [3.05, 3.63) is 12.2 Å². The highest BCUT2D eigenvalue weighted by Gasteiger charge is 2.55. The molecule has 0 saturated heterocycles. The van der Waals surface area contributed by atoms with Crippen LogP contribution in [0.25, 0.3) is 0 Å². The van der Waals surface area contributed by atoms with Crippen LogP contribution in [0.4, 0.5) is 0 Å². The molecule has 20 heavy (non-hydrogen) atoms. The van der Waals surface area contributed by atoms with Crippen molar-refractivity contribution in [3.63, 3.8) is 0 Å². The molecule has 2 saturated carbocycles. The fourth-order valence-electron chi connectivity index (χ4n) is 4.67. The van der Waals surface area contributed by atoms with E-state index in [1.54, 1.807) is 0 Å². The van der Waals surface area contributed by atoms with Gasteiger partial charge >= 0.3 is 5.97 Å². The van der Waals surface area contributed by atoms with Crippen molar-refractivity contribution in [3.8, 4) is 0 Å².